The van der Waals surface area contributed by atoms with Gasteiger partial charge in [-0.3, -0.25) is 4.79 Å². The molecule has 1 aliphatic rings. The van der Waals surface area contributed by atoms with Crippen molar-refractivity contribution in [3.05, 3.63) is 23.7 Å². The van der Waals surface area contributed by atoms with Gasteiger partial charge >= 0.3 is 0 Å². The number of guanidine groups is 1. The van der Waals surface area contributed by atoms with Crippen LogP contribution in [0.15, 0.2) is 21.5 Å². The van der Waals surface area contributed by atoms with Crippen LogP contribution in [-0.4, -0.2) is 38.2 Å². The molecule has 27 heavy (non-hydrogen) atoms. The number of ether oxygens (including phenoxy) is 1. The van der Waals surface area contributed by atoms with E-state index in [1.165, 1.54) is 25.7 Å². The summed E-state index contributed by atoms with van der Waals surface area (Å²) in [4.78, 5) is 15.7. The molecule has 8 heteroatoms. The molecular weight excluding hydrogens is 459 g/mol. The highest BCUT2D eigenvalue weighted by molar-refractivity contribution is 14.0. The molecule has 2 rings (SSSR count). The average Bonchev–Trinajstić information content (AvgIpc) is 3.28. The highest BCUT2D eigenvalue weighted by Crippen LogP contribution is 2.40. The standard InChI is InChI=1S/C19H32N4O3.HI/c1-3-21-18(22-13-15-7-8-16(26-15)17(20)24)23-14-19(9-5-6-10-19)11-12-25-4-2;/h7-8H,3-6,9-14H2,1-2H3,(H2,20,24)(H2,21,22,23);1H. The maximum atomic E-state index is 11.1. The zero-order chi connectivity index (χ0) is 18.8. The van der Waals surface area contributed by atoms with Crippen LogP contribution in [0.5, 0.6) is 0 Å². The first-order chi connectivity index (χ1) is 12.6. The zero-order valence-electron chi connectivity index (χ0n) is 16.4. The Morgan fingerprint density at radius 2 is 2.04 bits per heavy atom. The largest absolute Gasteiger partial charge is 0.454 e. The number of rotatable bonds is 10. The number of hydrogen-bond donors (Lipinski definition) is 3. The second-order valence-electron chi connectivity index (χ2n) is 6.83. The SMILES string of the molecule is CCNC(=NCc1ccc(C(N)=O)o1)NCC1(CCOCC)CCCC1.I. The van der Waals surface area contributed by atoms with Crippen LogP contribution >= 0.6 is 24.0 Å². The molecule has 0 atom stereocenters. The van der Waals surface area contributed by atoms with Crippen LogP contribution in [0.2, 0.25) is 0 Å². The van der Waals surface area contributed by atoms with Crippen LogP contribution in [0, 0.1) is 5.41 Å². The Kier molecular flexibility index (Phi) is 10.8. The van der Waals surface area contributed by atoms with Crippen molar-refractivity contribution in [1.82, 2.24) is 10.6 Å². The Morgan fingerprint density at radius 1 is 1.30 bits per heavy atom. The van der Waals surface area contributed by atoms with E-state index in [1.54, 1.807) is 12.1 Å². The molecule has 0 saturated heterocycles. The number of nitrogens with zero attached hydrogens (tertiary/aromatic N) is 1. The Balaban J connectivity index is 0.00000364. The lowest BCUT2D eigenvalue weighted by atomic mass is 9.83. The van der Waals surface area contributed by atoms with Crippen LogP contribution in [0.4, 0.5) is 0 Å². The van der Waals surface area contributed by atoms with E-state index in [9.17, 15) is 4.79 Å². The first-order valence-electron chi connectivity index (χ1n) is 9.57. The van der Waals surface area contributed by atoms with Crippen molar-refractivity contribution >= 4 is 35.8 Å². The number of nitrogens with two attached hydrogens (primary N) is 1. The van der Waals surface area contributed by atoms with Crippen molar-refractivity contribution < 1.29 is 13.9 Å². The highest BCUT2D eigenvalue weighted by Gasteiger charge is 2.33. The summed E-state index contributed by atoms with van der Waals surface area (Å²) >= 11 is 0. The Labute approximate surface area is 178 Å². The third-order valence-corrected chi connectivity index (χ3v) is 4.92. The maximum Gasteiger partial charge on any atom is 0.284 e. The highest BCUT2D eigenvalue weighted by atomic mass is 127. The van der Waals surface area contributed by atoms with Crippen LogP contribution in [0.25, 0.3) is 0 Å². The number of primary amides is 1. The molecule has 1 aliphatic carbocycles. The van der Waals surface area contributed by atoms with Crippen LogP contribution < -0.4 is 16.4 Å². The molecule has 1 heterocycles. The average molecular weight is 492 g/mol. The lowest BCUT2D eigenvalue weighted by Gasteiger charge is -2.30. The third-order valence-electron chi connectivity index (χ3n) is 4.92. The minimum Gasteiger partial charge on any atom is -0.454 e. The molecule has 0 radical (unpaired) electrons. The molecule has 0 aromatic carbocycles. The summed E-state index contributed by atoms with van der Waals surface area (Å²) in [5.41, 5.74) is 5.50. The molecule has 7 nitrogen and oxygen atoms in total. The number of nitrogens with one attached hydrogen (secondary N) is 2. The maximum absolute atomic E-state index is 11.1. The van der Waals surface area contributed by atoms with Gasteiger partial charge in [0, 0.05) is 26.3 Å². The monoisotopic (exact) mass is 492 g/mol. The second kappa shape index (κ2) is 12.2. The zero-order valence-corrected chi connectivity index (χ0v) is 18.7. The van der Waals surface area contributed by atoms with Gasteiger partial charge in [0.15, 0.2) is 11.7 Å². The summed E-state index contributed by atoms with van der Waals surface area (Å²) in [7, 11) is 0. The molecule has 0 bridgehead atoms. The van der Waals surface area contributed by atoms with Crippen LogP contribution in [-0.2, 0) is 11.3 Å². The molecule has 1 amide bonds. The summed E-state index contributed by atoms with van der Waals surface area (Å²) in [5, 5.41) is 6.75. The van der Waals surface area contributed by atoms with E-state index in [4.69, 9.17) is 14.9 Å². The number of halogens is 1. The molecular formula is C19H33IN4O3. The summed E-state index contributed by atoms with van der Waals surface area (Å²) in [6.45, 7) is 7.68. The minimum atomic E-state index is -0.567. The lowest BCUT2D eigenvalue weighted by molar-refractivity contribution is 0.0972. The number of amides is 1. The molecule has 1 saturated carbocycles. The Morgan fingerprint density at radius 3 is 2.63 bits per heavy atom. The van der Waals surface area contributed by atoms with Gasteiger partial charge in [0.1, 0.15) is 12.3 Å². The van der Waals surface area contributed by atoms with Gasteiger partial charge in [-0.2, -0.15) is 0 Å². The van der Waals surface area contributed by atoms with E-state index in [2.05, 4.69) is 15.6 Å². The van der Waals surface area contributed by atoms with Gasteiger partial charge in [-0.05, 0) is 50.7 Å². The molecule has 4 N–H and O–H groups in total. The van der Waals surface area contributed by atoms with E-state index in [0.717, 1.165) is 38.7 Å². The van der Waals surface area contributed by atoms with Crippen molar-refractivity contribution in [2.75, 3.05) is 26.3 Å². The van der Waals surface area contributed by atoms with Gasteiger partial charge in [-0.15, -0.1) is 24.0 Å². The normalized spacial score (nSPS) is 16.0. The van der Waals surface area contributed by atoms with E-state index in [-0.39, 0.29) is 35.2 Å². The molecule has 0 unspecified atom stereocenters. The fourth-order valence-electron chi connectivity index (χ4n) is 3.44. The van der Waals surface area contributed by atoms with Gasteiger partial charge in [0.05, 0.1) is 0 Å². The summed E-state index contributed by atoms with van der Waals surface area (Å²) in [5.74, 6) is 0.965. The number of hydrogen-bond acceptors (Lipinski definition) is 4. The van der Waals surface area contributed by atoms with Crippen molar-refractivity contribution in [3.8, 4) is 0 Å². The fraction of sp³-hybridized carbons (Fsp3) is 0.684. The minimum absolute atomic E-state index is 0. The lowest BCUT2D eigenvalue weighted by Crippen LogP contribution is -2.43. The predicted octanol–water partition coefficient (Wildman–Crippen LogP) is 3.04. The molecule has 1 aromatic rings. The summed E-state index contributed by atoms with van der Waals surface area (Å²) in [6, 6.07) is 3.31. The number of carbonyl (C=O) groups excluding carboxylic acids is 1. The van der Waals surface area contributed by atoms with Gasteiger partial charge < -0.3 is 25.5 Å². The van der Waals surface area contributed by atoms with Gasteiger partial charge in [0.2, 0.25) is 0 Å². The third kappa shape index (κ3) is 7.69. The molecule has 154 valence electrons. The smallest absolute Gasteiger partial charge is 0.284 e. The van der Waals surface area contributed by atoms with Gasteiger partial charge in [0.25, 0.3) is 5.91 Å². The number of furan rings is 1. The molecule has 0 aliphatic heterocycles. The predicted molar refractivity (Wildman–Crippen MR) is 117 cm³/mol. The van der Waals surface area contributed by atoms with E-state index >= 15 is 0 Å². The van der Waals surface area contributed by atoms with Gasteiger partial charge in [-0.1, -0.05) is 12.8 Å². The fourth-order valence-corrected chi connectivity index (χ4v) is 3.44. The van der Waals surface area contributed by atoms with Crippen LogP contribution in [0.3, 0.4) is 0 Å². The summed E-state index contributed by atoms with van der Waals surface area (Å²) in [6.07, 6.45) is 6.10. The Hall–Kier alpha value is -1.29. The first-order valence-corrected chi connectivity index (χ1v) is 9.57. The van der Waals surface area contributed by atoms with Gasteiger partial charge in [-0.25, -0.2) is 4.99 Å². The molecule has 1 fully saturated rings. The van der Waals surface area contributed by atoms with Crippen molar-refractivity contribution in [2.45, 2.75) is 52.5 Å². The number of aliphatic imine (C=N–C) groups is 1. The van der Waals surface area contributed by atoms with Crippen molar-refractivity contribution in [1.29, 1.82) is 0 Å². The van der Waals surface area contributed by atoms with Crippen LogP contribution in [0.1, 0.15) is 62.3 Å². The van der Waals surface area contributed by atoms with E-state index in [0.29, 0.717) is 12.3 Å². The molecule has 0 spiro atoms. The quantitative estimate of drug-likeness (QED) is 0.202. The summed E-state index contributed by atoms with van der Waals surface area (Å²) < 4.78 is 11.0. The molecule has 1 aromatic heterocycles. The van der Waals surface area contributed by atoms with Crippen molar-refractivity contribution in [3.63, 3.8) is 0 Å². The topological polar surface area (TPSA) is 102 Å². The second-order valence-corrected chi connectivity index (χ2v) is 6.83. The van der Waals surface area contributed by atoms with E-state index in [1.807, 2.05) is 13.8 Å². The Bertz CT molecular complexity index is 598. The number of carbonyl (C=O) groups is 1. The van der Waals surface area contributed by atoms with Crippen molar-refractivity contribution in [2.24, 2.45) is 16.1 Å². The van der Waals surface area contributed by atoms with E-state index < -0.39 is 5.91 Å². The first kappa shape index (κ1) is 23.7.